The van der Waals surface area contributed by atoms with Crippen molar-refractivity contribution in [3.8, 4) is 16.9 Å². The van der Waals surface area contributed by atoms with Crippen molar-refractivity contribution in [3.05, 3.63) is 83.2 Å². The number of alkyl carbamates (subject to hydrolysis) is 1. The molecule has 1 aromatic heterocycles. The maximum atomic E-state index is 13.7. The zero-order chi connectivity index (χ0) is 34.2. The monoisotopic (exact) mass is 643 g/mol. The van der Waals surface area contributed by atoms with Crippen LogP contribution in [0.5, 0.6) is 5.75 Å². The number of aromatic carboxylic acids is 1. The molecule has 0 bridgehead atoms. The zero-order valence-corrected chi connectivity index (χ0v) is 25.8. The third kappa shape index (κ3) is 8.78. The minimum Gasteiger partial charge on any atom is -0.496 e. The van der Waals surface area contributed by atoms with Crippen molar-refractivity contribution in [2.45, 2.75) is 33.0 Å². The van der Waals surface area contributed by atoms with Crippen LogP contribution < -0.4 is 20.7 Å². The van der Waals surface area contributed by atoms with Crippen LogP contribution in [0.15, 0.2) is 55.1 Å². The number of hydrogen-bond acceptors (Lipinski definition) is 10. The lowest BCUT2D eigenvalue weighted by atomic mass is 9.94. The van der Waals surface area contributed by atoms with Crippen molar-refractivity contribution in [1.29, 1.82) is 5.41 Å². The molecule has 1 heterocycles. The fourth-order valence-electron chi connectivity index (χ4n) is 4.49. The third-order valence-electron chi connectivity index (χ3n) is 6.97. The Hall–Kier alpha value is -6.05. The average Bonchev–Trinajstić information content (AvgIpc) is 3.87. The lowest BCUT2D eigenvalue weighted by molar-refractivity contribution is -0.161. The molecular weight excluding hydrogens is 610 g/mol. The average molecular weight is 644 g/mol. The van der Waals surface area contributed by atoms with Gasteiger partial charge in [0, 0.05) is 53.9 Å². The molecule has 14 heteroatoms. The van der Waals surface area contributed by atoms with Gasteiger partial charge in [-0.25, -0.2) is 14.6 Å². The second-order valence-corrected chi connectivity index (χ2v) is 10.5. The number of ether oxygens (including phenoxy) is 3. The van der Waals surface area contributed by atoms with Gasteiger partial charge in [-0.1, -0.05) is 12.7 Å². The number of hydrogen-bond donors (Lipinski definition) is 5. The predicted octanol–water partition coefficient (Wildman–Crippen LogP) is 4.45. The van der Waals surface area contributed by atoms with Crippen LogP contribution in [-0.2, 0) is 14.3 Å². The molecule has 5 N–H and O–H groups in total. The maximum absolute atomic E-state index is 13.7. The Bertz CT molecular complexity index is 1750. The Morgan fingerprint density at radius 3 is 2.34 bits per heavy atom. The Morgan fingerprint density at radius 2 is 1.74 bits per heavy atom. The molecule has 1 saturated carbocycles. The standard InChI is InChI=1S/C33H33N5O9/c1-5-20-14-25(30(40)36-22-10-8-21(9-11-22)29(34)38-33(44)47-18(3)46-17(2)39)24(15-27(20)45-4)23-12-13-26(37-28(23)32(42)43)31(41)35-16-19-6-7-19/h5,8-15,18-19H,1,6-7,16H2,2-4H3,(H,35,41)(H,36,40)(H,42,43)(H2,34,38,44). The van der Waals surface area contributed by atoms with Crippen molar-refractivity contribution in [2.24, 2.45) is 5.92 Å². The van der Waals surface area contributed by atoms with Crippen LogP contribution in [-0.4, -0.2) is 65.7 Å². The Kier molecular flexibility index (Phi) is 10.7. The summed E-state index contributed by atoms with van der Waals surface area (Å²) >= 11 is 0. The molecule has 1 unspecified atom stereocenters. The minimum atomic E-state index is -1.40. The lowest BCUT2D eigenvalue weighted by Gasteiger charge is -2.16. The number of pyridine rings is 1. The van der Waals surface area contributed by atoms with E-state index in [0.717, 1.165) is 19.8 Å². The number of carbonyl (C=O) groups excluding carboxylic acids is 4. The minimum absolute atomic E-state index is 0.0686. The van der Waals surface area contributed by atoms with Gasteiger partial charge in [0.2, 0.25) is 6.29 Å². The molecule has 1 fully saturated rings. The molecule has 47 heavy (non-hydrogen) atoms. The summed E-state index contributed by atoms with van der Waals surface area (Å²) in [5, 5.41) is 25.9. The number of nitrogens with one attached hydrogen (secondary N) is 4. The van der Waals surface area contributed by atoms with Crippen molar-refractivity contribution in [3.63, 3.8) is 0 Å². The maximum Gasteiger partial charge on any atom is 0.415 e. The highest BCUT2D eigenvalue weighted by Gasteiger charge is 2.25. The molecule has 1 aliphatic rings. The molecule has 14 nitrogen and oxygen atoms in total. The first-order valence-electron chi connectivity index (χ1n) is 14.4. The van der Waals surface area contributed by atoms with Crippen LogP contribution in [0.4, 0.5) is 10.5 Å². The molecule has 2 aromatic carbocycles. The summed E-state index contributed by atoms with van der Waals surface area (Å²) in [6.07, 6.45) is 1.38. The van der Waals surface area contributed by atoms with Crippen molar-refractivity contribution < 1.29 is 43.3 Å². The van der Waals surface area contributed by atoms with Gasteiger partial charge in [0.05, 0.1) is 7.11 Å². The van der Waals surface area contributed by atoms with Crippen LogP contribution in [0.3, 0.4) is 0 Å². The SMILES string of the molecule is C=Cc1cc(C(=O)Nc2ccc(C(=N)NC(=O)OC(C)OC(C)=O)cc2)c(-c2ccc(C(=O)NCC3CC3)nc2C(=O)O)cc1OC. The van der Waals surface area contributed by atoms with E-state index < -0.39 is 41.8 Å². The second kappa shape index (κ2) is 14.8. The summed E-state index contributed by atoms with van der Waals surface area (Å²) in [5.74, 6) is -2.71. The number of aromatic nitrogens is 1. The van der Waals surface area contributed by atoms with E-state index in [4.69, 9.17) is 19.6 Å². The van der Waals surface area contributed by atoms with Gasteiger partial charge in [-0.05, 0) is 67.3 Å². The van der Waals surface area contributed by atoms with E-state index in [9.17, 15) is 29.1 Å². The van der Waals surface area contributed by atoms with Crippen LogP contribution >= 0.6 is 0 Å². The number of carbonyl (C=O) groups is 5. The molecular formula is C33H33N5O9. The fourth-order valence-corrected chi connectivity index (χ4v) is 4.49. The summed E-state index contributed by atoms with van der Waals surface area (Å²) in [4.78, 5) is 65.7. The number of nitrogens with zero attached hydrogens (tertiary/aromatic N) is 1. The van der Waals surface area contributed by atoms with Gasteiger partial charge >= 0.3 is 18.0 Å². The lowest BCUT2D eigenvalue weighted by Crippen LogP contribution is -2.34. The number of benzene rings is 2. The topological polar surface area (TPSA) is 206 Å². The van der Waals surface area contributed by atoms with Crippen LogP contribution in [0.1, 0.15) is 69.2 Å². The molecule has 0 radical (unpaired) electrons. The number of anilines is 1. The van der Waals surface area contributed by atoms with Crippen LogP contribution in [0.2, 0.25) is 0 Å². The first-order chi connectivity index (χ1) is 22.4. The molecule has 4 rings (SSSR count). The van der Waals surface area contributed by atoms with Gasteiger partial charge in [-0.15, -0.1) is 0 Å². The molecule has 0 saturated heterocycles. The highest BCUT2D eigenvalue weighted by molar-refractivity contribution is 6.11. The van der Waals surface area contributed by atoms with E-state index >= 15 is 0 Å². The highest BCUT2D eigenvalue weighted by atomic mass is 16.7. The summed E-state index contributed by atoms with van der Waals surface area (Å²) in [7, 11) is 1.42. The molecule has 3 amide bonds. The number of methoxy groups -OCH3 is 1. The normalized spacial score (nSPS) is 12.6. The van der Waals surface area contributed by atoms with Crippen LogP contribution in [0, 0.1) is 11.3 Å². The molecule has 0 spiro atoms. The second-order valence-electron chi connectivity index (χ2n) is 10.5. The van der Waals surface area contributed by atoms with E-state index in [2.05, 4.69) is 27.5 Å². The van der Waals surface area contributed by atoms with Gasteiger partial charge < -0.3 is 30.0 Å². The number of carboxylic acids is 1. The summed E-state index contributed by atoms with van der Waals surface area (Å²) < 4.78 is 15.0. The molecule has 1 atom stereocenters. The van der Waals surface area contributed by atoms with Gasteiger partial charge in [-0.3, -0.25) is 25.1 Å². The largest absolute Gasteiger partial charge is 0.496 e. The highest BCUT2D eigenvalue weighted by Crippen LogP contribution is 2.34. The summed E-state index contributed by atoms with van der Waals surface area (Å²) in [5.41, 5.74) is 0.897. The van der Waals surface area contributed by atoms with Gasteiger partial charge in [-0.2, -0.15) is 0 Å². The van der Waals surface area contributed by atoms with Crippen molar-refractivity contribution in [2.75, 3.05) is 19.0 Å². The third-order valence-corrected chi connectivity index (χ3v) is 6.97. The van der Waals surface area contributed by atoms with Gasteiger partial charge in [0.1, 0.15) is 17.3 Å². The summed E-state index contributed by atoms with van der Waals surface area (Å²) in [6.45, 7) is 6.76. The predicted molar refractivity (Wildman–Crippen MR) is 170 cm³/mol. The molecule has 0 aliphatic heterocycles. The van der Waals surface area contributed by atoms with E-state index in [1.165, 1.54) is 68.6 Å². The van der Waals surface area contributed by atoms with Gasteiger partial charge in [0.25, 0.3) is 11.8 Å². The van der Waals surface area contributed by atoms with Gasteiger partial charge in [0.15, 0.2) is 5.69 Å². The molecule has 1 aliphatic carbocycles. The van der Waals surface area contributed by atoms with Crippen molar-refractivity contribution in [1.82, 2.24) is 15.6 Å². The summed E-state index contributed by atoms with van der Waals surface area (Å²) in [6, 6.07) is 11.7. The van der Waals surface area contributed by atoms with E-state index in [1.54, 1.807) is 0 Å². The number of amides is 3. The molecule has 3 aromatic rings. The Morgan fingerprint density at radius 1 is 1.04 bits per heavy atom. The fraction of sp³-hybridized carbons (Fsp3) is 0.242. The number of carboxylic acid groups (broad SMARTS) is 1. The van der Waals surface area contributed by atoms with Crippen molar-refractivity contribution >= 4 is 47.4 Å². The first kappa shape index (κ1) is 33.8. The molecule has 244 valence electrons. The zero-order valence-electron chi connectivity index (χ0n) is 25.8. The number of esters is 1. The number of amidine groups is 1. The van der Waals surface area contributed by atoms with E-state index in [1.807, 2.05) is 0 Å². The van der Waals surface area contributed by atoms with E-state index in [-0.39, 0.29) is 33.8 Å². The van der Waals surface area contributed by atoms with Crippen LogP contribution in [0.25, 0.3) is 17.2 Å². The number of rotatable bonds is 12. The van der Waals surface area contributed by atoms with E-state index in [0.29, 0.717) is 29.5 Å². The Balaban J connectivity index is 1.58. The first-order valence-corrected chi connectivity index (χ1v) is 14.4. The quantitative estimate of drug-likeness (QED) is 0.0811. The smallest absolute Gasteiger partial charge is 0.415 e. The Labute approximate surface area is 269 Å².